The Morgan fingerprint density at radius 1 is 1.03 bits per heavy atom. The smallest absolute Gasteiger partial charge is 0.244 e. The molecule has 0 aliphatic carbocycles. The minimum Gasteiger partial charge on any atom is -0.497 e. The molecule has 2 aromatic carbocycles. The topological polar surface area (TPSA) is 48.6 Å². The van der Waals surface area contributed by atoms with Crippen LogP contribution in [0.3, 0.4) is 0 Å². The number of ether oxygens (including phenoxy) is 1. The Hall–Kier alpha value is -2.79. The maximum absolute atomic E-state index is 13.5. The van der Waals surface area contributed by atoms with E-state index < -0.39 is 0 Å². The molecule has 5 heteroatoms. The summed E-state index contributed by atoms with van der Waals surface area (Å²) in [6.45, 7) is 3.66. The van der Waals surface area contributed by atoms with Crippen molar-refractivity contribution in [2.75, 3.05) is 33.3 Å². The molecule has 1 N–H and O–H groups in total. The van der Waals surface area contributed by atoms with Crippen molar-refractivity contribution in [1.29, 1.82) is 0 Å². The van der Waals surface area contributed by atoms with Crippen LogP contribution in [0.4, 0.5) is 0 Å². The summed E-state index contributed by atoms with van der Waals surface area (Å²) in [7, 11) is 1.72. The second-order valence-corrected chi connectivity index (χ2v) is 8.81. The molecule has 0 saturated carbocycles. The Morgan fingerprint density at radius 2 is 1.77 bits per heavy atom. The fraction of sp³-hybridized carbons (Fsp3) is 0.423. The zero-order chi connectivity index (χ0) is 21.2. The molecule has 1 atom stereocenters. The van der Waals surface area contributed by atoms with E-state index in [-0.39, 0.29) is 11.9 Å². The van der Waals surface area contributed by atoms with E-state index >= 15 is 0 Å². The first-order chi connectivity index (χ1) is 15.2. The molecule has 31 heavy (non-hydrogen) atoms. The van der Waals surface area contributed by atoms with Gasteiger partial charge in [-0.25, -0.2) is 0 Å². The summed E-state index contributed by atoms with van der Waals surface area (Å²) in [6, 6.07) is 16.4. The number of rotatable bonds is 5. The number of carbonyl (C=O) groups is 1. The first kappa shape index (κ1) is 20.1. The summed E-state index contributed by atoms with van der Waals surface area (Å²) < 4.78 is 5.44. The van der Waals surface area contributed by atoms with Gasteiger partial charge in [-0.15, -0.1) is 0 Å². The molecule has 3 heterocycles. The van der Waals surface area contributed by atoms with Gasteiger partial charge >= 0.3 is 0 Å². The third-order valence-corrected chi connectivity index (χ3v) is 7.02. The van der Waals surface area contributed by atoms with Crippen LogP contribution in [-0.4, -0.2) is 54.0 Å². The molecule has 5 rings (SSSR count). The van der Waals surface area contributed by atoms with Crippen LogP contribution < -0.4 is 4.74 Å². The summed E-state index contributed by atoms with van der Waals surface area (Å²) in [5.41, 5.74) is 3.65. The van der Waals surface area contributed by atoms with Crippen molar-refractivity contribution in [2.45, 2.75) is 37.6 Å². The number of fused-ring (bicyclic) bond motifs is 1. The lowest BCUT2D eigenvalue weighted by Gasteiger charge is -2.38. The molecule has 2 saturated heterocycles. The first-order valence-electron chi connectivity index (χ1n) is 11.5. The van der Waals surface area contributed by atoms with E-state index in [2.05, 4.69) is 45.2 Å². The number of benzene rings is 2. The second kappa shape index (κ2) is 8.75. The van der Waals surface area contributed by atoms with Crippen molar-refractivity contribution in [3.05, 3.63) is 65.9 Å². The minimum absolute atomic E-state index is 0.164. The van der Waals surface area contributed by atoms with Gasteiger partial charge in [0.2, 0.25) is 5.91 Å². The average Bonchev–Trinajstić information content (AvgIpc) is 3.50. The van der Waals surface area contributed by atoms with E-state index in [0.29, 0.717) is 5.92 Å². The summed E-state index contributed by atoms with van der Waals surface area (Å²) in [5, 5.41) is 1.26. The largest absolute Gasteiger partial charge is 0.497 e. The van der Waals surface area contributed by atoms with E-state index in [9.17, 15) is 4.79 Å². The highest BCUT2D eigenvalue weighted by Gasteiger charge is 2.35. The van der Waals surface area contributed by atoms with Crippen LogP contribution in [-0.2, 0) is 4.79 Å². The summed E-state index contributed by atoms with van der Waals surface area (Å²) >= 11 is 0. The maximum atomic E-state index is 13.5. The molecule has 1 unspecified atom stereocenters. The maximum Gasteiger partial charge on any atom is 0.244 e. The van der Waals surface area contributed by atoms with Gasteiger partial charge in [-0.1, -0.05) is 30.3 Å². The Balaban J connectivity index is 1.36. The van der Waals surface area contributed by atoms with Crippen molar-refractivity contribution < 1.29 is 9.53 Å². The number of hydrogen-bond donors (Lipinski definition) is 1. The molecule has 1 amide bonds. The number of hydrogen-bond acceptors (Lipinski definition) is 3. The van der Waals surface area contributed by atoms with Gasteiger partial charge in [0.15, 0.2) is 0 Å². The molecular weight excluding hydrogens is 386 g/mol. The molecule has 3 aromatic rings. The van der Waals surface area contributed by atoms with Gasteiger partial charge in [0.05, 0.1) is 7.11 Å². The van der Waals surface area contributed by atoms with Crippen LogP contribution in [0.25, 0.3) is 10.9 Å². The SMILES string of the molecule is COc1ccc2[nH]cc(C3CCN(C(C(=O)N4CCCC4)c4ccccc4)CC3)c2c1. The van der Waals surface area contributed by atoms with E-state index in [1.165, 1.54) is 10.9 Å². The van der Waals surface area contributed by atoms with E-state index in [1.54, 1.807) is 7.11 Å². The van der Waals surface area contributed by atoms with Crippen molar-refractivity contribution in [3.8, 4) is 5.75 Å². The highest BCUT2D eigenvalue weighted by Crippen LogP contribution is 2.37. The standard InChI is InChI=1S/C26H31N3O2/c1-31-21-9-10-24-22(17-21)23(18-27-24)19-11-15-28(16-12-19)25(20-7-3-2-4-8-20)26(30)29-13-5-6-14-29/h2-4,7-10,17-19,25,27H,5-6,11-16H2,1H3. The van der Waals surface area contributed by atoms with Crippen molar-refractivity contribution in [2.24, 2.45) is 0 Å². The first-order valence-corrected chi connectivity index (χ1v) is 11.5. The van der Waals surface area contributed by atoms with Gasteiger partial charge in [-0.2, -0.15) is 0 Å². The molecule has 2 aliphatic heterocycles. The van der Waals surface area contributed by atoms with Gasteiger partial charge in [0, 0.05) is 30.2 Å². The van der Waals surface area contributed by atoms with Gasteiger partial charge in [0.1, 0.15) is 11.8 Å². The highest BCUT2D eigenvalue weighted by molar-refractivity contribution is 5.85. The van der Waals surface area contributed by atoms with Crippen molar-refractivity contribution >= 4 is 16.8 Å². The Bertz CT molecular complexity index is 1030. The number of carbonyl (C=O) groups excluding carboxylic acids is 1. The second-order valence-electron chi connectivity index (χ2n) is 8.81. The fourth-order valence-electron chi connectivity index (χ4n) is 5.31. The Labute approximate surface area is 184 Å². The molecule has 162 valence electrons. The Morgan fingerprint density at radius 3 is 2.48 bits per heavy atom. The number of aromatic nitrogens is 1. The molecule has 0 radical (unpaired) electrons. The zero-order valence-corrected chi connectivity index (χ0v) is 18.2. The molecular formula is C26H31N3O2. The summed E-state index contributed by atoms with van der Waals surface area (Å²) in [6.07, 6.45) is 6.52. The third kappa shape index (κ3) is 3.94. The number of nitrogens with one attached hydrogen (secondary N) is 1. The average molecular weight is 418 g/mol. The number of likely N-dealkylation sites (tertiary alicyclic amines) is 2. The monoisotopic (exact) mass is 417 g/mol. The highest BCUT2D eigenvalue weighted by atomic mass is 16.5. The zero-order valence-electron chi connectivity index (χ0n) is 18.2. The van der Waals surface area contributed by atoms with Gasteiger partial charge in [0.25, 0.3) is 0 Å². The molecule has 0 spiro atoms. The third-order valence-electron chi connectivity index (χ3n) is 7.02. The van der Waals surface area contributed by atoms with Gasteiger partial charge in [-0.3, -0.25) is 9.69 Å². The van der Waals surface area contributed by atoms with Crippen molar-refractivity contribution in [3.63, 3.8) is 0 Å². The van der Waals surface area contributed by atoms with Crippen molar-refractivity contribution in [1.82, 2.24) is 14.8 Å². The number of aromatic amines is 1. The van der Waals surface area contributed by atoms with Crippen LogP contribution in [0.2, 0.25) is 0 Å². The van der Waals surface area contributed by atoms with Crippen LogP contribution in [0.15, 0.2) is 54.7 Å². The lowest BCUT2D eigenvalue weighted by molar-refractivity contribution is -0.136. The lowest BCUT2D eigenvalue weighted by Crippen LogP contribution is -2.45. The number of amides is 1. The lowest BCUT2D eigenvalue weighted by atomic mass is 9.88. The molecule has 0 bridgehead atoms. The summed E-state index contributed by atoms with van der Waals surface area (Å²) in [4.78, 5) is 21.4. The van der Waals surface area contributed by atoms with Crippen LogP contribution in [0, 0.1) is 0 Å². The molecule has 5 nitrogen and oxygen atoms in total. The quantitative estimate of drug-likeness (QED) is 0.653. The number of nitrogens with zero attached hydrogens (tertiary/aromatic N) is 2. The number of piperidine rings is 1. The number of H-pyrrole nitrogens is 1. The minimum atomic E-state index is -0.164. The van der Waals surface area contributed by atoms with E-state index in [4.69, 9.17) is 4.74 Å². The number of methoxy groups -OCH3 is 1. The Kier molecular flexibility index (Phi) is 5.68. The fourth-order valence-corrected chi connectivity index (χ4v) is 5.31. The van der Waals surface area contributed by atoms with Gasteiger partial charge < -0.3 is 14.6 Å². The van der Waals surface area contributed by atoms with E-state index in [0.717, 1.165) is 68.7 Å². The predicted octanol–water partition coefficient (Wildman–Crippen LogP) is 4.72. The normalized spacial score (nSPS) is 19.1. The van der Waals surface area contributed by atoms with Gasteiger partial charge in [-0.05, 0) is 74.0 Å². The van der Waals surface area contributed by atoms with Crippen LogP contribution in [0.5, 0.6) is 5.75 Å². The molecule has 2 aliphatic rings. The molecule has 2 fully saturated rings. The van der Waals surface area contributed by atoms with E-state index in [1.807, 2.05) is 24.3 Å². The molecule has 1 aromatic heterocycles. The summed E-state index contributed by atoms with van der Waals surface area (Å²) in [5.74, 6) is 1.67. The van der Waals surface area contributed by atoms with Crippen LogP contribution in [0.1, 0.15) is 48.8 Å². The predicted molar refractivity (Wildman–Crippen MR) is 123 cm³/mol. The van der Waals surface area contributed by atoms with Crippen LogP contribution >= 0.6 is 0 Å².